The van der Waals surface area contributed by atoms with E-state index in [0.29, 0.717) is 11.6 Å². The van der Waals surface area contributed by atoms with Gasteiger partial charge >= 0.3 is 0 Å². The molecule has 0 saturated heterocycles. The first-order valence-electron chi connectivity index (χ1n) is 6.75. The number of amides is 1. The van der Waals surface area contributed by atoms with Crippen molar-refractivity contribution in [1.29, 1.82) is 0 Å². The molecule has 3 rings (SSSR count). The monoisotopic (exact) mass is 279 g/mol. The highest BCUT2D eigenvalue weighted by Crippen LogP contribution is 2.33. The van der Waals surface area contributed by atoms with E-state index in [1.165, 1.54) is 0 Å². The molecule has 2 aromatic rings. The summed E-state index contributed by atoms with van der Waals surface area (Å²) in [7, 11) is 1.72. The van der Waals surface area contributed by atoms with Gasteiger partial charge in [0.15, 0.2) is 11.8 Å². The van der Waals surface area contributed by atoms with Crippen LogP contribution in [0, 0.1) is 6.04 Å². The maximum absolute atomic E-state index is 12.3. The zero-order valence-corrected chi connectivity index (χ0v) is 11.7. The second kappa shape index (κ2) is 5.40. The number of likely N-dealkylation sites (N-methyl/N-ethyl adjacent to an activating group) is 1. The fourth-order valence-electron chi connectivity index (χ4n) is 2.41. The number of ketones is 1. The van der Waals surface area contributed by atoms with Gasteiger partial charge in [0.2, 0.25) is 0 Å². The Hall–Kier alpha value is -2.62. The van der Waals surface area contributed by atoms with Crippen LogP contribution in [0.4, 0.5) is 11.4 Å². The zero-order valence-electron chi connectivity index (χ0n) is 11.7. The van der Waals surface area contributed by atoms with Crippen LogP contribution in [0.1, 0.15) is 16.8 Å². The topological polar surface area (TPSA) is 49.4 Å². The molecule has 0 atom stereocenters. The average Bonchev–Trinajstić information content (AvgIpc) is 2.53. The van der Waals surface area contributed by atoms with E-state index in [2.05, 4.69) is 5.32 Å². The van der Waals surface area contributed by atoms with Crippen LogP contribution in [0.25, 0.3) is 0 Å². The molecule has 1 aliphatic rings. The molecule has 4 nitrogen and oxygen atoms in total. The highest BCUT2D eigenvalue weighted by Gasteiger charge is 2.32. The second-order valence-corrected chi connectivity index (χ2v) is 4.95. The number of hydrogen-bond acceptors (Lipinski definition) is 3. The van der Waals surface area contributed by atoms with Crippen molar-refractivity contribution in [2.24, 2.45) is 0 Å². The van der Waals surface area contributed by atoms with Gasteiger partial charge in [0, 0.05) is 19.0 Å². The smallest absolute Gasteiger partial charge is 0.255 e. The summed E-state index contributed by atoms with van der Waals surface area (Å²) in [4.78, 5) is 26.1. The number of carbonyl (C=O) groups is 2. The maximum Gasteiger partial charge on any atom is 0.255 e. The number of rotatable bonds is 3. The highest BCUT2D eigenvalue weighted by molar-refractivity contribution is 6.13. The van der Waals surface area contributed by atoms with Crippen molar-refractivity contribution >= 4 is 23.1 Å². The predicted molar refractivity (Wildman–Crippen MR) is 82.1 cm³/mol. The summed E-state index contributed by atoms with van der Waals surface area (Å²) < 4.78 is 0. The molecule has 0 saturated carbocycles. The van der Waals surface area contributed by atoms with Gasteiger partial charge in [0.25, 0.3) is 5.91 Å². The van der Waals surface area contributed by atoms with Gasteiger partial charge in [-0.1, -0.05) is 42.5 Å². The van der Waals surface area contributed by atoms with E-state index in [9.17, 15) is 9.59 Å². The lowest BCUT2D eigenvalue weighted by Gasteiger charge is -2.31. The number of anilines is 2. The molecule has 1 amide bonds. The van der Waals surface area contributed by atoms with Crippen molar-refractivity contribution in [2.45, 2.75) is 6.42 Å². The number of nitrogens with zero attached hydrogens (tertiary/aromatic N) is 1. The number of benzene rings is 2. The van der Waals surface area contributed by atoms with E-state index in [-0.39, 0.29) is 18.1 Å². The molecule has 0 bridgehead atoms. The lowest BCUT2D eigenvalue weighted by molar-refractivity contribution is -0.116. The number of para-hydroxylation sites is 2. The van der Waals surface area contributed by atoms with Gasteiger partial charge in [-0.05, 0) is 12.1 Å². The lowest BCUT2D eigenvalue weighted by Crippen LogP contribution is -2.40. The largest absolute Gasteiger partial charge is 0.367 e. The molecule has 0 aromatic heterocycles. The highest BCUT2D eigenvalue weighted by atomic mass is 16.2. The molecular formula is C17H15N2O2. The van der Waals surface area contributed by atoms with Gasteiger partial charge in [0.05, 0.1) is 11.4 Å². The van der Waals surface area contributed by atoms with Crippen molar-refractivity contribution < 1.29 is 9.59 Å². The Bertz CT molecular complexity index is 682. The van der Waals surface area contributed by atoms with Gasteiger partial charge in [0.1, 0.15) is 0 Å². The van der Waals surface area contributed by atoms with Crippen molar-refractivity contribution in [1.82, 2.24) is 0 Å². The minimum absolute atomic E-state index is 0.0702. The second-order valence-electron chi connectivity index (χ2n) is 4.95. The first-order chi connectivity index (χ1) is 10.2. The summed E-state index contributed by atoms with van der Waals surface area (Å²) in [5.74, 6) is -0.239. The molecule has 1 N–H and O–H groups in total. The summed E-state index contributed by atoms with van der Waals surface area (Å²) in [6, 6.07) is 17.0. The van der Waals surface area contributed by atoms with Gasteiger partial charge in [-0.2, -0.15) is 0 Å². The average molecular weight is 279 g/mol. The minimum atomic E-state index is -0.169. The van der Waals surface area contributed by atoms with E-state index in [4.69, 9.17) is 0 Å². The number of Topliss-reactive ketones (excluding diaryl/α,β-unsaturated/α-hetero) is 1. The van der Waals surface area contributed by atoms with Crippen LogP contribution >= 0.6 is 0 Å². The minimum Gasteiger partial charge on any atom is -0.367 e. The van der Waals surface area contributed by atoms with Crippen molar-refractivity contribution in [2.75, 3.05) is 17.3 Å². The summed E-state index contributed by atoms with van der Waals surface area (Å²) in [5, 5.41) is 3.08. The summed E-state index contributed by atoms with van der Waals surface area (Å²) >= 11 is 0. The van der Waals surface area contributed by atoms with Crippen LogP contribution in [0.3, 0.4) is 0 Å². The number of fused-ring (bicyclic) bond motifs is 1. The Kier molecular flexibility index (Phi) is 3.44. The third-order valence-corrected chi connectivity index (χ3v) is 3.55. The molecule has 1 radical (unpaired) electrons. The molecular weight excluding hydrogens is 264 g/mol. The van der Waals surface area contributed by atoms with Crippen LogP contribution in [-0.2, 0) is 4.79 Å². The number of carbonyl (C=O) groups excluding carboxylic acids is 2. The van der Waals surface area contributed by atoms with Crippen LogP contribution in [-0.4, -0.2) is 18.7 Å². The summed E-state index contributed by atoms with van der Waals surface area (Å²) in [6.45, 7) is 0. The molecule has 1 heterocycles. The quantitative estimate of drug-likeness (QED) is 0.879. The Morgan fingerprint density at radius 3 is 2.48 bits per heavy atom. The molecule has 0 fully saturated rings. The van der Waals surface area contributed by atoms with Crippen molar-refractivity contribution in [3.63, 3.8) is 0 Å². The predicted octanol–water partition coefficient (Wildman–Crippen LogP) is 2.88. The Balaban J connectivity index is 1.81. The van der Waals surface area contributed by atoms with Crippen molar-refractivity contribution in [3.8, 4) is 0 Å². The van der Waals surface area contributed by atoms with E-state index in [1.807, 2.05) is 42.5 Å². The van der Waals surface area contributed by atoms with Crippen LogP contribution < -0.4 is 10.2 Å². The molecule has 4 heteroatoms. The number of hydrogen-bond donors (Lipinski definition) is 1. The molecule has 105 valence electrons. The summed E-state index contributed by atoms with van der Waals surface area (Å²) in [6.07, 6.45) is 0.0710. The Morgan fingerprint density at radius 2 is 1.71 bits per heavy atom. The van der Waals surface area contributed by atoms with Crippen LogP contribution in [0.5, 0.6) is 0 Å². The zero-order chi connectivity index (χ0) is 14.8. The van der Waals surface area contributed by atoms with Crippen LogP contribution in [0.15, 0.2) is 54.6 Å². The van der Waals surface area contributed by atoms with E-state index >= 15 is 0 Å². The standard InChI is InChI=1S/C17H15N2O2/c1-19-15-10-6-5-9-13(15)18-14(17(19)21)11-16(20)12-7-3-2-4-8-12/h2-10,18H,11H2,1H3. The Labute approximate surface area is 123 Å². The maximum atomic E-state index is 12.3. The van der Waals surface area contributed by atoms with Crippen molar-refractivity contribution in [3.05, 3.63) is 66.2 Å². The van der Waals surface area contributed by atoms with E-state index in [0.717, 1.165) is 11.4 Å². The third kappa shape index (κ3) is 2.52. The Morgan fingerprint density at radius 1 is 1.05 bits per heavy atom. The van der Waals surface area contributed by atoms with E-state index in [1.54, 1.807) is 24.1 Å². The summed E-state index contributed by atoms with van der Waals surface area (Å²) in [5.41, 5.74) is 2.27. The van der Waals surface area contributed by atoms with E-state index < -0.39 is 0 Å². The first-order valence-corrected chi connectivity index (χ1v) is 6.75. The molecule has 1 aliphatic heterocycles. The van der Waals surface area contributed by atoms with Gasteiger partial charge in [-0.15, -0.1) is 0 Å². The van der Waals surface area contributed by atoms with Crippen LogP contribution in [0.2, 0.25) is 0 Å². The molecule has 0 unspecified atom stereocenters. The van der Waals surface area contributed by atoms with Gasteiger partial charge in [-0.25, -0.2) is 0 Å². The SMILES string of the molecule is CN1C(=O)[C](CC(=O)c2ccccc2)Nc2ccccc21. The first kappa shape index (κ1) is 13.4. The third-order valence-electron chi connectivity index (χ3n) is 3.55. The molecule has 21 heavy (non-hydrogen) atoms. The molecule has 0 spiro atoms. The number of nitrogens with one attached hydrogen (secondary N) is 1. The lowest BCUT2D eigenvalue weighted by atomic mass is 10.0. The molecule has 2 aromatic carbocycles. The van der Waals surface area contributed by atoms with Gasteiger partial charge < -0.3 is 10.2 Å². The fourth-order valence-corrected chi connectivity index (χ4v) is 2.41. The van der Waals surface area contributed by atoms with Gasteiger partial charge in [-0.3, -0.25) is 9.59 Å². The molecule has 0 aliphatic carbocycles. The fraction of sp³-hybridized carbons (Fsp3) is 0.118. The normalized spacial score (nSPS) is 14.5.